The van der Waals surface area contributed by atoms with Crippen LogP contribution >= 0.6 is 0 Å². The molecule has 0 saturated heterocycles. The summed E-state index contributed by atoms with van der Waals surface area (Å²) in [5.41, 5.74) is 1.20. The maximum atomic E-state index is 12.1. The number of hydrogen-bond donors (Lipinski definition) is 1. The zero-order valence-corrected chi connectivity index (χ0v) is 12.3. The molecule has 0 saturated carbocycles. The molecule has 6 nitrogen and oxygen atoms in total. The highest BCUT2D eigenvalue weighted by atomic mass is 32.2. The van der Waals surface area contributed by atoms with Crippen LogP contribution in [0.5, 0.6) is 0 Å². The predicted octanol–water partition coefficient (Wildman–Crippen LogP) is 1.70. The Morgan fingerprint density at radius 2 is 1.90 bits per heavy atom. The van der Waals surface area contributed by atoms with Crippen molar-refractivity contribution >= 4 is 16.0 Å². The third-order valence-electron chi connectivity index (χ3n) is 2.92. The number of carboxylic acid groups (broad SMARTS) is 1. The second kappa shape index (κ2) is 5.63. The highest BCUT2D eigenvalue weighted by molar-refractivity contribution is 7.89. The van der Waals surface area contributed by atoms with Crippen molar-refractivity contribution in [1.82, 2.24) is 9.29 Å². The van der Waals surface area contributed by atoms with Gasteiger partial charge in [0.25, 0.3) is 0 Å². The molecule has 0 bridgehead atoms. The van der Waals surface area contributed by atoms with Gasteiger partial charge in [-0.15, -0.1) is 0 Å². The second-order valence-electron chi connectivity index (χ2n) is 4.55. The second-order valence-corrected chi connectivity index (χ2v) is 6.70. The van der Waals surface area contributed by atoms with Crippen LogP contribution in [0.15, 0.2) is 47.5 Å². The molecule has 0 unspecified atom stereocenters. The standard InChI is InChI=1S/C14H14N2O4S/c1-16(2)21(19,20)12-5-3-4-10(8-12)13-7-6-11(9-15-13)14(17)18/h3-9H,1-2H3,(H,17,18). The minimum atomic E-state index is -3.52. The average molecular weight is 306 g/mol. The molecule has 2 aromatic rings. The molecule has 0 aliphatic rings. The fourth-order valence-corrected chi connectivity index (χ4v) is 2.67. The minimum Gasteiger partial charge on any atom is -0.478 e. The van der Waals surface area contributed by atoms with Crippen molar-refractivity contribution in [2.45, 2.75) is 4.90 Å². The fourth-order valence-electron chi connectivity index (χ4n) is 1.72. The van der Waals surface area contributed by atoms with Gasteiger partial charge in [-0.3, -0.25) is 4.98 Å². The Balaban J connectivity index is 2.44. The van der Waals surface area contributed by atoms with Crippen molar-refractivity contribution < 1.29 is 18.3 Å². The van der Waals surface area contributed by atoms with Crippen LogP contribution in [0.2, 0.25) is 0 Å². The van der Waals surface area contributed by atoms with Crippen LogP contribution in [0.1, 0.15) is 10.4 Å². The highest BCUT2D eigenvalue weighted by Gasteiger charge is 2.17. The number of hydrogen-bond acceptors (Lipinski definition) is 4. The first-order valence-electron chi connectivity index (χ1n) is 6.04. The monoisotopic (exact) mass is 306 g/mol. The molecule has 0 amide bonds. The van der Waals surface area contributed by atoms with Crippen LogP contribution in [0.4, 0.5) is 0 Å². The summed E-state index contributed by atoms with van der Waals surface area (Å²) in [6.45, 7) is 0. The molecule has 0 aliphatic heterocycles. The number of pyridine rings is 1. The first-order valence-corrected chi connectivity index (χ1v) is 7.48. The smallest absolute Gasteiger partial charge is 0.337 e. The van der Waals surface area contributed by atoms with Crippen molar-refractivity contribution in [2.24, 2.45) is 0 Å². The number of rotatable bonds is 4. The molecule has 1 aromatic carbocycles. The first-order chi connectivity index (χ1) is 9.82. The Morgan fingerprint density at radius 1 is 1.19 bits per heavy atom. The van der Waals surface area contributed by atoms with Crippen molar-refractivity contribution in [3.05, 3.63) is 48.2 Å². The van der Waals surface area contributed by atoms with E-state index in [1.165, 1.54) is 38.5 Å². The number of aromatic nitrogens is 1. The zero-order valence-electron chi connectivity index (χ0n) is 11.5. The Morgan fingerprint density at radius 3 is 2.43 bits per heavy atom. The number of sulfonamides is 1. The number of benzene rings is 1. The van der Waals surface area contributed by atoms with Gasteiger partial charge in [0.1, 0.15) is 0 Å². The van der Waals surface area contributed by atoms with Crippen LogP contribution < -0.4 is 0 Å². The van der Waals surface area contributed by atoms with Crippen LogP contribution in [0, 0.1) is 0 Å². The fraction of sp³-hybridized carbons (Fsp3) is 0.143. The summed E-state index contributed by atoms with van der Waals surface area (Å²) < 4.78 is 25.3. The average Bonchev–Trinajstić information content (AvgIpc) is 2.47. The quantitative estimate of drug-likeness (QED) is 0.929. The van der Waals surface area contributed by atoms with Crippen molar-refractivity contribution in [2.75, 3.05) is 14.1 Å². The van der Waals surface area contributed by atoms with E-state index >= 15 is 0 Å². The lowest BCUT2D eigenvalue weighted by Crippen LogP contribution is -2.22. The van der Waals surface area contributed by atoms with Gasteiger partial charge in [-0.25, -0.2) is 17.5 Å². The summed E-state index contributed by atoms with van der Waals surface area (Å²) in [4.78, 5) is 15.0. The summed E-state index contributed by atoms with van der Waals surface area (Å²) in [5, 5.41) is 8.83. The lowest BCUT2D eigenvalue weighted by atomic mass is 10.1. The molecule has 1 N–H and O–H groups in total. The van der Waals surface area contributed by atoms with Gasteiger partial charge in [0, 0.05) is 25.9 Å². The molecule has 0 atom stereocenters. The van der Waals surface area contributed by atoms with Crippen LogP contribution in [0.25, 0.3) is 11.3 Å². The molecule has 0 radical (unpaired) electrons. The third kappa shape index (κ3) is 3.09. The molecule has 0 aliphatic carbocycles. The van der Waals surface area contributed by atoms with Crippen LogP contribution in [-0.2, 0) is 10.0 Å². The molecule has 0 spiro atoms. The van der Waals surface area contributed by atoms with Gasteiger partial charge in [0.15, 0.2) is 0 Å². The maximum absolute atomic E-state index is 12.1. The van der Waals surface area contributed by atoms with Gasteiger partial charge < -0.3 is 5.11 Å². The number of aromatic carboxylic acids is 1. The molecule has 1 aromatic heterocycles. The van der Waals surface area contributed by atoms with Crippen LogP contribution in [0.3, 0.4) is 0 Å². The van der Waals surface area contributed by atoms with E-state index < -0.39 is 16.0 Å². The van der Waals surface area contributed by atoms with E-state index in [4.69, 9.17) is 5.11 Å². The van der Waals surface area contributed by atoms with Gasteiger partial charge in [0.2, 0.25) is 10.0 Å². The third-order valence-corrected chi connectivity index (χ3v) is 4.73. The molecule has 0 fully saturated rings. The summed E-state index contributed by atoms with van der Waals surface area (Å²) in [6.07, 6.45) is 1.24. The number of carbonyl (C=O) groups is 1. The number of nitrogens with zero attached hydrogens (tertiary/aromatic N) is 2. The van der Waals surface area contributed by atoms with Crippen molar-refractivity contribution in [3.63, 3.8) is 0 Å². The number of carboxylic acids is 1. The molecule has 7 heteroatoms. The molecular formula is C14H14N2O4S. The van der Waals surface area contributed by atoms with Gasteiger partial charge in [-0.05, 0) is 24.3 Å². The minimum absolute atomic E-state index is 0.0795. The summed E-state index contributed by atoms with van der Waals surface area (Å²) >= 11 is 0. The Hall–Kier alpha value is -2.25. The molecule has 1 heterocycles. The summed E-state index contributed by atoms with van der Waals surface area (Å²) in [7, 11) is -0.597. The van der Waals surface area contributed by atoms with Gasteiger partial charge >= 0.3 is 5.97 Å². The lowest BCUT2D eigenvalue weighted by molar-refractivity contribution is 0.0696. The van der Waals surface area contributed by atoms with E-state index in [0.29, 0.717) is 11.3 Å². The van der Waals surface area contributed by atoms with E-state index in [1.807, 2.05) is 0 Å². The lowest BCUT2D eigenvalue weighted by Gasteiger charge is -2.12. The van der Waals surface area contributed by atoms with Crippen molar-refractivity contribution in [3.8, 4) is 11.3 Å². The Labute approximate surface area is 122 Å². The largest absolute Gasteiger partial charge is 0.478 e. The highest BCUT2D eigenvalue weighted by Crippen LogP contribution is 2.22. The molecular weight excluding hydrogens is 292 g/mol. The van der Waals surface area contributed by atoms with E-state index in [1.54, 1.807) is 18.2 Å². The van der Waals surface area contributed by atoms with Gasteiger partial charge in [0.05, 0.1) is 16.2 Å². The zero-order chi connectivity index (χ0) is 15.6. The van der Waals surface area contributed by atoms with E-state index in [2.05, 4.69) is 4.98 Å². The molecule has 21 heavy (non-hydrogen) atoms. The first kappa shape index (κ1) is 15.1. The predicted molar refractivity (Wildman–Crippen MR) is 77.5 cm³/mol. The SMILES string of the molecule is CN(C)S(=O)(=O)c1cccc(-c2ccc(C(=O)O)cn2)c1. The molecule has 2 rings (SSSR count). The van der Waals surface area contributed by atoms with Gasteiger partial charge in [-0.1, -0.05) is 12.1 Å². The maximum Gasteiger partial charge on any atom is 0.337 e. The van der Waals surface area contributed by atoms with E-state index in [-0.39, 0.29) is 10.5 Å². The normalized spacial score (nSPS) is 11.6. The van der Waals surface area contributed by atoms with Crippen LogP contribution in [-0.4, -0.2) is 42.9 Å². The Kier molecular flexibility index (Phi) is 4.06. The summed E-state index contributed by atoms with van der Waals surface area (Å²) in [6, 6.07) is 9.33. The van der Waals surface area contributed by atoms with E-state index in [0.717, 1.165) is 4.31 Å². The van der Waals surface area contributed by atoms with E-state index in [9.17, 15) is 13.2 Å². The van der Waals surface area contributed by atoms with Gasteiger partial charge in [-0.2, -0.15) is 0 Å². The van der Waals surface area contributed by atoms with Crippen molar-refractivity contribution in [1.29, 1.82) is 0 Å². The Bertz CT molecular complexity index is 768. The summed E-state index contributed by atoms with van der Waals surface area (Å²) in [5.74, 6) is -1.06. The molecule has 110 valence electrons. The topological polar surface area (TPSA) is 87.6 Å².